The van der Waals surface area contributed by atoms with E-state index < -0.39 is 0 Å². The van der Waals surface area contributed by atoms with E-state index in [1.54, 1.807) is 0 Å². The van der Waals surface area contributed by atoms with E-state index in [0.29, 0.717) is 13.1 Å². The highest BCUT2D eigenvalue weighted by Gasteiger charge is 2.26. The Morgan fingerprint density at radius 3 is 2.13 bits per heavy atom. The average molecular weight is 315 g/mol. The van der Waals surface area contributed by atoms with Gasteiger partial charge in [-0.05, 0) is 37.5 Å². The second kappa shape index (κ2) is 7.02. The number of likely N-dealkylation sites (tertiary alicyclic amines) is 1. The van der Waals surface area contributed by atoms with Crippen LogP contribution in [0.25, 0.3) is 0 Å². The summed E-state index contributed by atoms with van der Waals surface area (Å²) in [4.78, 5) is 30.4. The molecule has 0 bridgehead atoms. The molecule has 1 aromatic rings. The van der Waals surface area contributed by atoms with Gasteiger partial charge in [-0.15, -0.1) is 0 Å². The smallest absolute Gasteiger partial charge is 0.232 e. The molecule has 1 aromatic carbocycles. The zero-order valence-electron chi connectivity index (χ0n) is 13.8. The summed E-state index contributed by atoms with van der Waals surface area (Å²) in [5, 5.41) is 0. The molecule has 23 heavy (non-hydrogen) atoms. The first-order valence-corrected chi connectivity index (χ1v) is 8.50. The van der Waals surface area contributed by atoms with Gasteiger partial charge in [0.1, 0.15) is 6.42 Å². The fourth-order valence-electron chi connectivity index (χ4n) is 3.36. The first kappa shape index (κ1) is 15.8. The van der Waals surface area contributed by atoms with Crippen LogP contribution in [-0.2, 0) is 9.59 Å². The van der Waals surface area contributed by atoms with Crippen LogP contribution in [0.15, 0.2) is 24.3 Å². The van der Waals surface area contributed by atoms with Crippen LogP contribution < -0.4 is 4.90 Å². The number of amides is 2. The summed E-state index contributed by atoms with van der Waals surface area (Å²) in [6.07, 6.45) is 2.16. The highest BCUT2D eigenvalue weighted by atomic mass is 16.2. The molecule has 0 atom stereocenters. The van der Waals surface area contributed by atoms with Crippen molar-refractivity contribution in [2.45, 2.75) is 26.2 Å². The molecule has 2 fully saturated rings. The molecule has 0 aromatic heterocycles. The maximum absolute atomic E-state index is 12.3. The van der Waals surface area contributed by atoms with Crippen molar-refractivity contribution in [2.75, 3.05) is 44.2 Å². The fourth-order valence-corrected chi connectivity index (χ4v) is 3.36. The van der Waals surface area contributed by atoms with E-state index in [4.69, 9.17) is 0 Å². The molecule has 0 saturated carbocycles. The van der Waals surface area contributed by atoms with E-state index in [-0.39, 0.29) is 18.2 Å². The third kappa shape index (κ3) is 3.84. The zero-order chi connectivity index (χ0) is 16.2. The highest BCUT2D eigenvalue weighted by molar-refractivity contribution is 5.97. The molecule has 0 aliphatic carbocycles. The van der Waals surface area contributed by atoms with Gasteiger partial charge in [0.2, 0.25) is 11.8 Å². The van der Waals surface area contributed by atoms with Crippen LogP contribution in [0.2, 0.25) is 0 Å². The van der Waals surface area contributed by atoms with Crippen LogP contribution in [0.4, 0.5) is 5.69 Å². The maximum atomic E-state index is 12.3. The van der Waals surface area contributed by atoms with E-state index in [9.17, 15) is 9.59 Å². The number of nitrogens with zero attached hydrogens (tertiary/aromatic N) is 3. The molecule has 5 heteroatoms. The third-order valence-corrected chi connectivity index (χ3v) is 4.76. The van der Waals surface area contributed by atoms with Crippen molar-refractivity contribution in [1.82, 2.24) is 9.80 Å². The van der Waals surface area contributed by atoms with Crippen molar-refractivity contribution in [3.63, 3.8) is 0 Å². The Bertz CT molecular complexity index is 573. The summed E-state index contributed by atoms with van der Waals surface area (Å²) >= 11 is 0. The first-order valence-electron chi connectivity index (χ1n) is 8.50. The van der Waals surface area contributed by atoms with E-state index in [2.05, 4.69) is 36.1 Å². The Morgan fingerprint density at radius 2 is 1.52 bits per heavy atom. The molecule has 2 heterocycles. The van der Waals surface area contributed by atoms with Gasteiger partial charge in [-0.3, -0.25) is 9.59 Å². The van der Waals surface area contributed by atoms with E-state index in [0.717, 1.165) is 39.0 Å². The van der Waals surface area contributed by atoms with Gasteiger partial charge >= 0.3 is 0 Å². The largest absolute Gasteiger partial charge is 0.368 e. The first-order chi connectivity index (χ1) is 11.1. The van der Waals surface area contributed by atoms with Gasteiger partial charge < -0.3 is 14.7 Å². The predicted molar refractivity (Wildman–Crippen MR) is 90.4 cm³/mol. The second-order valence-corrected chi connectivity index (χ2v) is 6.47. The Labute approximate surface area is 137 Å². The molecule has 2 aliphatic rings. The average Bonchev–Trinajstić information content (AvgIpc) is 3.09. The molecule has 0 N–H and O–H groups in total. The highest BCUT2D eigenvalue weighted by Crippen LogP contribution is 2.18. The van der Waals surface area contributed by atoms with Gasteiger partial charge in [0, 0.05) is 45.0 Å². The second-order valence-electron chi connectivity index (χ2n) is 6.47. The standard InChI is InChI=1S/C18H25N3O2/c1-15-5-4-6-16(13-15)19-9-11-21(12-10-19)18(23)14-17(22)20-7-2-3-8-20/h4-6,13H,2-3,7-12,14H2,1H3. The van der Waals surface area contributed by atoms with Crippen molar-refractivity contribution < 1.29 is 9.59 Å². The van der Waals surface area contributed by atoms with Crippen LogP contribution >= 0.6 is 0 Å². The lowest BCUT2D eigenvalue weighted by Crippen LogP contribution is -2.49. The molecular weight excluding hydrogens is 290 g/mol. The topological polar surface area (TPSA) is 43.9 Å². The molecular formula is C18H25N3O2. The van der Waals surface area contributed by atoms with E-state index in [1.807, 2.05) is 9.80 Å². The number of carbonyl (C=O) groups is 2. The molecule has 2 saturated heterocycles. The number of rotatable bonds is 3. The van der Waals surface area contributed by atoms with Gasteiger partial charge in [-0.1, -0.05) is 12.1 Å². The summed E-state index contributed by atoms with van der Waals surface area (Å²) < 4.78 is 0. The minimum absolute atomic E-state index is 0.00591. The van der Waals surface area contributed by atoms with Crippen LogP contribution in [-0.4, -0.2) is 60.9 Å². The lowest BCUT2D eigenvalue weighted by Gasteiger charge is -2.36. The van der Waals surface area contributed by atoms with E-state index >= 15 is 0 Å². The van der Waals surface area contributed by atoms with Crippen molar-refractivity contribution in [3.8, 4) is 0 Å². The van der Waals surface area contributed by atoms with Crippen molar-refractivity contribution in [2.24, 2.45) is 0 Å². The zero-order valence-corrected chi connectivity index (χ0v) is 13.8. The molecule has 0 radical (unpaired) electrons. The summed E-state index contributed by atoms with van der Waals surface area (Å²) in [6.45, 7) is 6.76. The Hall–Kier alpha value is -2.04. The Morgan fingerprint density at radius 1 is 0.913 bits per heavy atom. The number of aryl methyl sites for hydroxylation is 1. The summed E-state index contributed by atoms with van der Waals surface area (Å²) in [7, 11) is 0. The van der Waals surface area contributed by atoms with Gasteiger partial charge in [-0.25, -0.2) is 0 Å². The molecule has 3 rings (SSSR count). The number of carbonyl (C=O) groups excluding carboxylic acids is 2. The number of hydrogen-bond donors (Lipinski definition) is 0. The maximum Gasteiger partial charge on any atom is 0.232 e. The normalized spacial score (nSPS) is 18.4. The SMILES string of the molecule is Cc1cccc(N2CCN(C(=O)CC(=O)N3CCCC3)CC2)c1. The molecule has 2 amide bonds. The minimum atomic E-state index is -0.0224. The lowest BCUT2D eigenvalue weighted by atomic mass is 10.2. The minimum Gasteiger partial charge on any atom is -0.368 e. The third-order valence-electron chi connectivity index (χ3n) is 4.76. The number of benzene rings is 1. The van der Waals surface area contributed by atoms with Crippen molar-refractivity contribution in [1.29, 1.82) is 0 Å². The molecule has 0 unspecified atom stereocenters. The van der Waals surface area contributed by atoms with Gasteiger partial charge in [0.15, 0.2) is 0 Å². The van der Waals surface area contributed by atoms with Crippen LogP contribution in [0.1, 0.15) is 24.8 Å². The Kier molecular flexibility index (Phi) is 4.84. The van der Waals surface area contributed by atoms with Gasteiger partial charge in [-0.2, -0.15) is 0 Å². The van der Waals surface area contributed by atoms with Crippen molar-refractivity contribution in [3.05, 3.63) is 29.8 Å². The molecule has 5 nitrogen and oxygen atoms in total. The van der Waals surface area contributed by atoms with Crippen LogP contribution in [0, 0.1) is 6.92 Å². The molecule has 2 aliphatic heterocycles. The lowest BCUT2D eigenvalue weighted by molar-refractivity contribution is -0.140. The fraction of sp³-hybridized carbons (Fsp3) is 0.556. The monoisotopic (exact) mass is 315 g/mol. The van der Waals surface area contributed by atoms with E-state index in [1.165, 1.54) is 11.3 Å². The summed E-state index contributed by atoms with van der Waals surface area (Å²) in [5.74, 6) is -0.0283. The van der Waals surface area contributed by atoms with Gasteiger partial charge in [0.25, 0.3) is 0 Å². The van der Waals surface area contributed by atoms with Gasteiger partial charge in [0.05, 0.1) is 0 Å². The summed E-state index contributed by atoms with van der Waals surface area (Å²) in [5.41, 5.74) is 2.46. The Balaban J connectivity index is 1.50. The number of anilines is 1. The van der Waals surface area contributed by atoms with Crippen LogP contribution in [0.5, 0.6) is 0 Å². The molecule has 0 spiro atoms. The van der Waals surface area contributed by atoms with Crippen molar-refractivity contribution >= 4 is 17.5 Å². The number of hydrogen-bond acceptors (Lipinski definition) is 3. The summed E-state index contributed by atoms with van der Waals surface area (Å²) in [6, 6.07) is 8.44. The van der Waals surface area contributed by atoms with Crippen LogP contribution in [0.3, 0.4) is 0 Å². The predicted octanol–water partition coefficient (Wildman–Crippen LogP) is 1.66. The quantitative estimate of drug-likeness (QED) is 0.797. The number of piperazine rings is 1. The molecule has 124 valence electrons.